The van der Waals surface area contributed by atoms with Crippen molar-refractivity contribution in [2.45, 2.75) is 96.4 Å². The quantitative estimate of drug-likeness (QED) is 0.277. The minimum atomic E-state index is -0.944. The lowest BCUT2D eigenvalue weighted by Crippen LogP contribution is -2.63. The van der Waals surface area contributed by atoms with Gasteiger partial charge >= 0.3 is 5.97 Å². The van der Waals surface area contributed by atoms with E-state index in [1.54, 1.807) is 50.9 Å². The maximum Gasteiger partial charge on any atom is 0.349 e. The normalized spacial score (nSPS) is 21.6. The third-order valence-electron chi connectivity index (χ3n) is 7.08. The number of hydrogen-bond acceptors (Lipinski definition) is 7. The van der Waals surface area contributed by atoms with Gasteiger partial charge in [0.05, 0.1) is 0 Å². The number of aliphatic imine (C=N–C) groups is 1. The van der Waals surface area contributed by atoms with Crippen molar-refractivity contribution >= 4 is 29.8 Å². The van der Waals surface area contributed by atoms with Crippen molar-refractivity contribution in [3.8, 4) is 0 Å². The van der Waals surface area contributed by atoms with Crippen molar-refractivity contribution in [2.24, 2.45) is 16.6 Å². The minimum absolute atomic E-state index is 0.0629. The predicted molar refractivity (Wildman–Crippen MR) is 141 cm³/mol. The van der Waals surface area contributed by atoms with Crippen molar-refractivity contribution in [3.63, 3.8) is 0 Å². The average molecular weight is 513 g/mol. The van der Waals surface area contributed by atoms with Gasteiger partial charge in [-0.15, -0.1) is 0 Å². The van der Waals surface area contributed by atoms with Crippen LogP contribution in [0.2, 0.25) is 0 Å². The van der Waals surface area contributed by atoms with Crippen LogP contribution in [-0.4, -0.2) is 63.4 Å². The summed E-state index contributed by atoms with van der Waals surface area (Å²) in [6.45, 7) is 7.68. The van der Waals surface area contributed by atoms with Gasteiger partial charge in [0.1, 0.15) is 34.9 Å². The molecular weight excluding hydrogens is 472 g/mol. The number of ether oxygens (including phenoxy) is 1. The van der Waals surface area contributed by atoms with Crippen LogP contribution in [0, 0.1) is 11.3 Å². The molecule has 202 valence electrons. The fourth-order valence-corrected chi connectivity index (χ4v) is 5.39. The zero-order valence-electron chi connectivity index (χ0n) is 22.4. The van der Waals surface area contributed by atoms with Crippen LogP contribution in [0.4, 0.5) is 0 Å². The summed E-state index contributed by atoms with van der Waals surface area (Å²) in [6.07, 6.45) is 8.96. The van der Waals surface area contributed by atoms with Crippen molar-refractivity contribution in [2.75, 3.05) is 6.54 Å². The number of rotatable bonds is 8. The second kappa shape index (κ2) is 11.8. The van der Waals surface area contributed by atoms with Gasteiger partial charge in [0, 0.05) is 19.3 Å². The Bertz CT molecular complexity index is 1030. The van der Waals surface area contributed by atoms with Crippen LogP contribution >= 0.6 is 0 Å². The zero-order valence-corrected chi connectivity index (χ0v) is 22.4. The molecule has 2 amide bonds. The molecule has 0 unspecified atom stereocenters. The number of likely N-dealkylation sites (tertiary alicyclic amines) is 1. The van der Waals surface area contributed by atoms with Gasteiger partial charge in [0.15, 0.2) is 0 Å². The molecule has 0 spiro atoms. The first-order valence-corrected chi connectivity index (χ1v) is 13.1. The Balaban J connectivity index is 1.79. The smallest absolute Gasteiger partial charge is 0.349 e. The number of hydrogen-bond donors (Lipinski definition) is 3. The standard InChI is InChI=1S/C27H40N6O4/c1-18(30-17-22(34)37-26(2,3)4)24(35)33-14-8-13-27(33,20-9-6-5-7-10-20)25(36)32-16-19-11-12-21(23(28)29)31-15-19/h11-12,15,17-18,20H,5-10,13-14,16H2,1-4H3,(H3,28,29)(H,32,36)/t18-,27+/m0/s1. The van der Waals surface area contributed by atoms with E-state index in [2.05, 4.69) is 15.3 Å². The number of amidine groups is 1. The van der Waals surface area contributed by atoms with E-state index in [0.717, 1.165) is 50.3 Å². The summed E-state index contributed by atoms with van der Waals surface area (Å²) >= 11 is 0. The third-order valence-corrected chi connectivity index (χ3v) is 7.08. The summed E-state index contributed by atoms with van der Waals surface area (Å²) in [4.78, 5) is 49.6. The maximum absolute atomic E-state index is 13.9. The molecule has 10 nitrogen and oxygen atoms in total. The van der Waals surface area contributed by atoms with Gasteiger partial charge in [-0.3, -0.25) is 25.0 Å². The fourth-order valence-electron chi connectivity index (χ4n) is 5.39. The Morgan fingerprint density at radius 2 is 1.97 bits per heavy atom. The lowest BCUT2D eigenvalue weighted by molar-refractivity contribution is -0.150. The Kier molecular flexibility index (Phi) is 9.04. The number of carbonyl (C=O) groups is 3. The molecule has 10 heteroatoms. The number of esters is 1. The highest BCUT2D eigenvalue weighted by atomic mass is 16.6. The summed E-state index contributed by atoms with van der Waals surface area (Å²) in [5.41, 5.74) is 5.04. The fraction of sp³-hybridized carbons (Fsp3) is 0.630. The number of carbonyl (C=O) groups excluding carboxylic acids is 3. The largest absolute Gasteiger partial charge is 0.456 e. The Labute approximate surface area is 218 Å². The number of nitrogens with two attached hydrogens (primary N) is 1. The molecule has 1 aromatic heterocycles. The monoisotopic (exact) mass is 512 g/mol. The van der Waals surface area contributed by atoms with Crippen LogP contribution in [0.5, 0.6) is 0 Å². The predicted octanol–water partition coefficient (Wildman–Crippen LogP) is 2.72. The van der Waals surface area contributed by atoms with E-state index in [1.165, 1.54) is 0 Å². The van der Waals surface area contributed by atoms with Crippen molar-refractivity contribution < 1.29 is 19.1 Å². The number of nitrogens with zero attached hydrogens (tertiary/aromatic N) is 3. The first-order valence-electron chi connectivity index (χ1n) is 13.1. The molecule has 2 aliphatic rings. The van der Waals surface area contributed by atoms with Gasteiger partial charge in [-0.1, -0.05) is 25.3 Å². The summed E-state index contributed by atoms with van der Waals surface area (Å²) in [6, 6.07) is 2.61. The summed E-state index contributed by atoms with van der Waals surface area (Å²) in [7, 11) is 0. The minimum Gasteiger partial charge on any atom is -0.456 e. The van der Waals surface area contributed by atoms with E-state index in [9.17, 15) is 14.4 Å². The zero-order chi connectivity index (χ0) is 27.2. The van der Waals surface area contributed by atoms with Crippen molar-refractivity contribution in [1.29, 1.82) is 5.41 Å². The highest BCUT2D eigenvalue weighted by Crippen LogP contribution is 2.44. The Morgan fingerprint density at radius 1 is 1.27 bits per heavy atom. The van der Waals surface area contributed by atoms with Gasteiger partial charge in [0.2, 0.25) is 11.8 Å². The van der Waals surface area contributed by atoms with Crippen LogP contribution in [-0.2, 0) is 25.7 Å². The Hall–Kier alpha value is -3.30. The van der Waals surface area contributed by atoms with Crippen molar-refractivity contribution in [1.82, 2.24) is 15.2 Å². The lowest BCUT2D eigenvalue weighted by atomic mass is 9.72. The number of pyridine rings is 1. The molecular formula is C27H40N6O4. The van der Waals surface area contributed by atoms with Crippen molar-refractivity contribution in [3.05, 3.63) is 29.6 Å². The van der Waals surface area contributed by atoms with Gasteiger partial charge < -0.3 is 20.7 Å². The molecule has 4 N–H and O–H groups in total. The molecule has 37 heavy (non-hydrogen) atoms. The number of nitrogen functional groups attached to an aromatic ring is 1. The van der Waals surface area contributed by atoms with Crippen LogP contribution in [0.15, 0.2) is 23.3 Å². The molecule has 0 bridgehead atoms. The molecule has 2 atom stereocenters. The van der Waals surface area contributed by atoms with Gasteiger partial charge in [-0.05, 0) is 70.9 Å². The van der Waals surface area contributed by atoms with Crippen LogP contribution in [0.25, 0.3) is 0 Å². The second-order valence-corrected chi connectivity index (χ2v) is 11.0. The number of amides is 2. The van der Waals surface area contributed by atoms with E-state index < -0.39 is 23.2 Å². The van der Waals surface area contributed by atoms with E-state index in [1.807, 2.05) is 0 Å². The topological polar surface area (TPSA) is 151 Å². The first-order chi connectivity index (χ1) is 17.4. The lowest BCUT2D eigenvalue weighted by Gasteiger charge is -2.45. The molecule has 1 aliphatic carbocycles. The second-order valence-electron chi connectivity index (χ2n) is 11.0. The number of nitrogens with one attached hydrogen (secondary N) is 2. The van der Waals surface area contributed by atoms with Crippen LogP contribution in [0.1, 0.15) is 83.9 Å². The summed E-state index contributed by atoms with van der Waals surface area (Å²) in [5.74, 6) is -1.08. The summed E-state index contributed by atoms with van der Waals surface area (Å²) in [5, 5.41) is 10.5. The molecule has 0 aromatic carbocycles. The van der Waals surface area contributed by atoms with E-state index in [4.69, 9.17) is 15.9 Å². The number of aromatic nitrogens is 1. The molecule has 1 saturated carbocycles. The third kappa shape index (κ3) is 6.93. The molecule has 1 saturated heterocycles. The highest BCUT2D eigenvalue weighted by molar-refractivity contribution is 6.23. The van der Waals surface area contributed by atoms with Gasteiger partial charge in [-0.2, -0.15) is 0 Å². The molecule has 1 aromatic rings. The molecule has 0 radical (unpaired) electrons. The van der Waals surface area contributed by atoms with Crippen LogP contribution in [0.3, 0.4) is 0 Å². The SMILES string of the molecule is C[C@H](N=CC(=O)OC(C)(C)C)C(=O)N1CCC[C@]1(C(=O)NCc1ccc(C(=N)N)nc1)C1CCCCC1. The van der Waals surface area contributed by atoms with Gasteiger partial charge in [0.25, 0.3) is 0 Å². The Morgan fingerprint density at radius 3 is 2.57 bits per heavy atom. The average Bonchev–Trinajstić information content (AvgIpc) is 3.31. The highest BCUT2D eigenvalue weighted by Gasteiger charge is 2.54. The van der Waals surface area contributed by atoms with E-state index >= 15 is 0 Å². The first kappa shape index (κ1) is 28.3. The molecule has 2 heterocycles. The molecule has 1 aliphatic heterocycles. The van der Waals surface area contributed by atoms with Gasteiger partial charge in [-0.25, -0.2) is 4.79 Å². The van der Waals surface area contributed by atoms with Crippen LogP contribution < -0.4 is 11.1 Å². The van der Waals surface area contributed by atoms with E-state index in [0.29, 0.717) is 18.7 Å². The molecule has 3 rings (SSSR count). The molecule has 2 fully saturated rings. The van der Waals surface area contributed by atoms with E-state index in [-0.39, 0.29) is 30.1 Å². The maximum atomic E-state index is 13.9. The summed E-state index contributed by atoms with van der Waals surface area (Å²) < 4.78 is 5.26.